The standard InChI is InChI=1S/C49H97NO10/c1-3-5-7-9-11-13-14-15-16-17-18-19-20-21-22-23-24-25-26-27-28-29-31-32-34-36-41(52)44(54)40(39-59-49-47(57)46(56)45(55)43(38-51)60-49)50-48(58)42(53)37-35-33-30-12-10-8-6-4-2/h40-47,49,51-57H,3-39H2,1-2H3,(H,50,58). The van der Waals surface area contributed by atoms with Gasteiger partial charge in [-0.15, -0.1) is 0 Å². The summed E-state index contributed by atoms with van der Waals surface area (Å²) in [6.07, 6.45) is 30.5. The Kier molecular flexibility index (Phi) is 37.8. The van der Waals surface area contributed by atoms with Crippen molar-refractivity contribution in [2.45, 2.75) is 294 Å². The first-order valence-electron chi connectivity index (χ1n) is 25.4. The summed E-state index contributed by atoms with van der Waals surface area (Å²) in [5.74, 6) is -0.698. The molecule has 1 amide bonds. The first kappa shape index (κ1) is 57.1. The molecule has 1 aliphatic heterocycles. The van der Waals surface area contributed by atoms with E-state index in [1.807, 2.05) is 0 Å². The quantitative estimate of drug-likeness (QED) is 0.0275. The Labute approximate surface area is 367 Å². The maximum Gasteiger partial charge on any atom is 0.249 e. The van der Waals surface area contributed by atoms with E-state index in [2.05, 4.69) is 19.2 Å². The van der Waals surface area contributed by atoms with Crippen LogP contribution in [0.5, 0.6) is 0 Å². The number of aliphatic hydroxyl groups excluding tert-OH is 7. The van der Waals surface area contributed by atoms with Crippen molar-refractivity contribution in [1.82, 2.24) is 5.32 Å². The summed E-state index contributed by atoms with van der Waals surface area (Å²) in [4.78, 5) is 13.0. The normalized spacial score (nSPS) is 21.5. The number of hydrogen-bond donors (Lipinski definition) is 8. The smallest absolute Gasteiger partial charge is 0.249 e. The zero-order chi connectivity index (χ0) is 44.1. The monoisotopic (exact) mass is 860 g/mol. The van der Waals surface area contributed by atoms with E-state index < -0.39 is 74.2 Å². The summed E-state index contributed by atoms with van der Waals surface area (Å²) in [6.45, 7) is 3.42. The topological polar surface area (TPSA) is 189 Å². The third kappa shape index (κ3) is 28.7. The van der Waals surface area contributed by atoms with Crippen LogP contribution >= 0.6 is 0 Å². The van der Waals surface area contributed by atoms with Gasteiger partial charge in [0.25, 0.3) is 0 Å². The molecular weight excluding hydrogens is 763 g/mol. The number of ether oxygens (including phenoxy) is 2. The van der Waals surface area contributed by atoms with Gasteiger partial charge in [-0.1, -0.05) is 226 Å². The Morgan fingerprint density at radius 2 is 0.867 bits per heavy atom. The molecule has 1 fully saturated rings. The highest BCUT2D eigenvalue weighted by Crippen LogP contribution is 2.23. The molecular formula is C49H97NO10. The molecule has 0 radical (unpaired) electrons. The molecule has 0 aliphatic carbocycles. The molecule has 1 aliphatic rings. The molecule has 11 nitrogen and oxygen atoms in total. The summed E-state index contributed by atoms with van der Waals surface area (Å²) in [6, 6.07) is -1.16. The second-order valence-electron chi connectivity index (χ2n) is 18.3. The second-order valence-corrected chi connectivity index (χ2v) is 18.3. The predicted molar refractivity (Wildman–Crippen MR) is 243 cm³/mol. The number of nitrogens with one attached hydrogen (secondary N) is 1. The molecule has 1 rings (SSSR count). The van der Waals surface area contributed by atoms with Gasteiger partial charge in [-0.05, 0) is 12.8 Å². The summed E-state index contributed by atoms with van der Waals surface area (Å²) < 4.78 is 11.1. The molecule has 9 unspecified atom stereocenters. The molecule has 11 heteroatoms. The fourth-order valence-electron chi connectivity index (χ4n) is 8.44. The van der Waals surface area contributed by atoms with Crippen molar-refractivity contribution in [2.24, 2.45) is 0 Å². The van der Waals surface area contributed by atoms with E-state index in [4.69, 9.17) is 9.47 Å². The summed E-state index contributed by atoms with van der Waals surface area (Å²) in [5, 5.41) is 75.6. The minimum atomic E-state index is -1.66. The Bertz CT molecular complexity index is 944. The van der Waals surface area contributed by atoms with Crippen molar-refractivity contribution in [3.8, 4) is 0 Å². The Hall–Kier alpha value is -0.890. The summed E-state index contributed by atoms with van der Waals surface area (Å²) in [7, 11) is 0. The van der Waals surface area contributed by atoms with Gasteiger partial charge in [0.2, 0.25) is 5.91 Å². The molecule has 9 atom stereocenters. The first-order valence-corrected chi connectivity index (χ1v) is 25.4. The zero-order valence-corrected chi connectivity index (χ0v) is 38.7. The van der Waals surface area contributed by atoms with E-state index >= 15 is 0 Å². The van der Waals surface area contributed by atoms with Crippen LogP contribution in [-0.2, 0) is 14.3 Å². The van der Waals surface area contributed by atoms with E-state index in [0.29, 0.717) is 19.3 Å². The highest BCUT2D eigenvalue weighted by Gasteiger charge is 2.44. The molecule has 0 aromatic carbocycles. The SMILES string of the molecule is CCCCCCCCCCCCCCCCCCCCCCCCCCCC(O)C(O)C(COC1OC(CO)C(O)C(O)C1O)NC(=O)C(O)CCCCCCCCCC. The van der Waals surface area contributed by atoms with Gasteiger partial charge in [-0.25, -0.2) is 0 Å². The van der Waals surface area contributed by atoms with Gasteiger partial charge in [0.05, 0.1) is 25.4 Å². The van der Waals surface area contributed by atoms with Gasteiger partial charge in [-0.2, -0.15) is 0 Å². The second kappa shape index (κ2) is 39.7. The van der Waals surface area contributed by atoms with Gasteiger partial charge >= 0.3 is 0 Å². The Balaban J connectivity index is 2.26. The fraction of sp³-hybridized carbons (Fsp3) is 0.980. The molecule has 0 aromatic heterocycles. The molecule has 60 heavy (non-hydrogen) atoms. The molecule has 0 aromatic rings. The highest BCUT2D eigenvalue weighted by molar-refractivity contribution is 5.80. The third-order valence-corrected chi connectivity index (χ3v) is 12.7. The van der Waals surface area contributed by atoms with Crippen LogP contribution in [-0.4, -0.2) is 110 Å². The number of carbonyl (C=O) groups is 1. The number of carbonyl (C=O) groups excluding carboxylic acids is 1. The van der Waals surface area contributed by atoms with Gasteiger partial charge in [-0.3, -0.25) is 4.79 Å². The van der Waals surface area contributed by atoms with Crippen molar-refractivity contribution < 1.29 is 50.0 Å². The Morgan fingerprint density at radius 3 is 1.23 bits per heavy atom. The average molecular weight is 860 g/mol. The van der Waals surface area contributed by atoms with Crippen LogP contribution in [0, 0.1) is 0 Å². The number of hydrogen-bond acceptors (Lipinski definition) is 10. The fourth-order valence-corrected chi connectivity index (χ4v) is 8.44. The predicted octanol–water partition coefficient (Wildman–Crippen LogP) is 9.06. The minimum absolute atomic E-state index is 0.263. The van der Waals surface area contributed by atoms with Crippen LogP contribution < -0.4 is 5.32 Å². The highest BCUT2D eigenvalue weighted by atomic mass is 16.7. The van der Waals surface area contributed by atoms with Crippen molar-refractivity contribution in [3.05, 3.63) is 0 Å². The third-order valence-electron chi connectivity index (χ3n) is 12.7. The number of aliphatic hydroxyl groups is 7. The van der Waals surface area contributed by atoms with Crippen LogP contribution in [0.3, 0.4) is 0 Å². The van der Waals surface area contributed by atoms with E-state index in [-0.39, 0.29) is 6.42 Å². The lowest BCUT2D eigenvalue weighted by atomic mass is 9.98. The maximum atomic E-state index is 13.0. The van der Waals surface area contributed by atoms with Crippen LogP contribution in [0.2, 0.25) is 0 Å². The molecule has 8 N–H and O–H groups in total. The maximum absolute atomic E-state index is 13.0. The van der Waals surface area contributed by atoms with Crippen LogP contribution in [0.15, 0.2) is 0 Å². The lowest BCUT2D eigenvalue weighted by Crippen LogP contribution is -2.60. The lowest BCUT2D eigenvalue weighted by molar-refractivity contribution is -0.303. The summed E-state index contributed by atoms with van der Waals surface area (Å²) in [5.41, 5.74) is 0. The number of unbranched alkanes of at least 4 members (excludes halogenated alkanes) is 31. The lowest BCUT2D eigenvalue weighted by Gasteiger charge is -2.40. The van der Waals surface area contributed by atoms with Crippen LogP contribution in [0.1, 0.15) is 239 Å². The van der Waals surface area contributed by atoms with E-state index in [1.165, 1.54) is 161 Å². The van der Waals surface area contributed by atoms with Crippen molar-refractivity contribution >= 4 is 5.91 Å². The van der Waals surface area contributed by atoms with Crippen LogP contribution in [0.25, 0.3) is 0 Å². The van der Waals surface area contributed by atoms with Crippen molar-refractivity contribution in [2.75, 3.05) is 13.2 Å². The molecule has 0 spiro atoms. The molecule has 0 bridgehead atoms. The van der Waals surface area contributed by atoms with Gasteiger partial charge in [0, 0.05) is 0 Å². The first-order chi connectivity index (χ1) is 29.2. The summed E-state index contributed by atoms with van der Waals surface area (Å²) >= 11 is 0. The molecule has 358 valence electrons. The van der Waals surface area contributed by atoms with Crippen LogP contribution in [0.4, 0.5) is 0 Å². The largest absolute Gasteiger partial charge is 0.394 e. The number of rotatable bonds is 43. The molecule has 1 saturated heterocycles. The Morgan fingerprint density at radius 1 is 0.517 bits per heavy atom. The molecule has 1 heterocycles. The molecule has 0 saturated carbocycles. The van der Waals surface area contributed by atoms with Gasteiger partial charge in [0.15, 0.2) is 6.29 Å². The average Bonchev–Trinajstić information content (AvgIpc) is 3.25. The minimum Gasteiger partial charge on any atom is -0.394 e. The van der Waals surface area contributed by atoms with E-state index in [9.17, 15) is 40.5 Å². The van der Waals surface area contributed by atoms with Crippen molar-refractivity contribution in [1.29, 1.82) is 0 Å². The van der Waals surface area contributed by atoms with Gasteiger partial charge < -0.3 is 50.5 Å². The number of amides is 1. The van der Waals surface area contributed by atoms with Gasteiger partial charge in [0.1, 0.15) is 36.6 Å². The van der Waals surface area contributed by atoms with E-state index in [1.54, 1.807) is 0 Å². The zero-order valence-electron chi connectivity index (χ0n) is 38.7. The van der Waals surface area contributed by atoms with E-state index in [0.717, 1.165) is 38.5 Å². The van der Waals surface area contributed by atoms with Crippen molar-refractivity contribution in [3.63, 3.8) is 0 Å².